The Kier molecular flexibility index (Phi) is 5.09. The van der Waals surface area contributed by atoms with Crippen LogP contribution in [0.25, 0.3) is 0 Å². The minimum absolute atomic E-state index is 0.0360. The number of carbonyl (C=O) groups excluding carboxylic acids is 1. The Hall–Kier alpha value is -1.46. The molecule has 0 saturated carbocycles. The first-order valence-corrected chi connectivity index (χ1v) is 7.00. The molecule has 1 aromatic carbocycles. The van der Waals surface area contributed by atoms with E-state index in [1.807, 2.05) is 0 Å². The lowest BCUT2D eigenvalue weighted by atomic mass is 10.1. The standard InChI is InChI=1S/C15H21FN2O2/c1-11(10-19)17-15(20)14-3-2-8-18(14)9-12-4-6-13(16)7-5-12/h4-7,11,14,19H,2-3,8-10H2,1H3,(H,17,20). The molecule has 20 heavy (non-hydrogen) atoms. The summed E-state index contributed by atoms with van der Waals surface area (Å²) in [4.78, 5) is 14.2. The van der Waals surface area contributed by atoms with Crippen LogP contribution in [0.15, 0.2) is 24.3 Å². The van der Waals surface area contributed by atoms with Crippen molar-refractivity contribution in [3.63, 3.8) is 0 Å². The van der Waals surface area contributed by atoms with Gasteiger partial charge in [-0.2, -0.15) is 0 Å². The molecular formula is C15H21FN2O2. The highest BCUT2D eigenvalue weighted by atomic mass is 19.1. The van der Waals surface area contributed by atoms with E-state index in [2.05, 4.69) is 10.2 Å². The van der Waals surface area contributed by atoms with Crippen LogP contribution in [-0.2, 0) is 11.3 Å². The first-order valence-electron chi connectivity index (χ1n) is 7.00. The molecule has 2 unspecified atom stereocenters. The molecular weight excluding hydrogens is 259 g/mol. The van der Waals surface area contributed by atoms with Crippen LogP contribution in [0.2, 0.25) is 0 Å². The zero-order valence-corrected chi connectivity index (χ0v) is 11.7. The van der Waals surface area contributed by atoms with E-state index in [0.29, 0.717) is 6.54 Å². The summed E-state index contributed by atoms with van der Waals surface area (Å²) in [5.41, 5.74) is 1.00. The van der Waals surface area contributed by atoms with E-state index in [1.54, 1.807) is 19.1 Å². The van der Waals surface area contributed by atoms with Crippen LogP contribution < -0.4 is 5.32 Å². The van der Waals surface area contributed by atoms with Gasteiger partial charge in [0.15, 0.2) is 0 Å². The molecule has 1 amide bonds. The summed E-state index contributed by atoms with van der Waals surface area (Å²) in [6.07, 6.45) is 1.80. The average molecular weight is 280 g/mol. The highest BCUT2D eigenvalue weighted by molar-refractivity contribution is 5.82. The third-order valence-electron chi connectivity index (χ3n) is 3.63. The Labute approximate surface area is 118 Å². The first-order chi connectivity index (χ1) is 9.60. The summed E-state index contributed by atoms with van der Waals surface area (Å²) >= 11 is 0. The largest absolute Gasteiger partial charge is 0.394 e. The predicted molar refractivity (Wildman–Crippen MR) is 74.5 cm³/mol. The van der Waals surface area contributed by atoms with Crippen LogP contribution in [0.3, 0.4) is 0 Å². The van der Waals surface area contributed by atoms with Crippen LogP contribution in [-0.4, -0.2) is 41.1 Å². The average Bonchev–Trinajstić information content (AvgIpc) is 2.89. The van der Waals surface area contributed by atoms with Crippen molar-refractivity contribution in [1.29, 1.82) is 0 Å². The van der Waals surface area contributed by atoms with Crippen molar-refractivity contribution >= 4 is 5.91 Å². The first kappa shape index (κ1) is 14.9. The molecule has 1 heterocycles. The summed E-state index contributed by atoms with van der Waals surface area (Å²) in [7, 11) is 0. The third-order valence-corrected chi connectivity index (χ3v) is 3.63. The number of rotatable bonds is 5. The summed E-state index contributed by atoms with van der Waals surface area (Å²) in [6.45, 7) is 3.22. The number of nitrogens with zero attached hydrogens (tertiary/aromatic N) is 1. The molecule has 5 heteroatoms. The predicted octanol–water partition coefficient (Wildman–Crippen LogP) is 1.29. The van der Waals surface area contributed by atoms with Gasteiger partial charge in [0.05, 0.1) is 12.6 Å². The van der Waals surface area contributed by atoms with E-state index >= 15 is 0 Å². The van der Waals surface area contributed by atoms with Crippen molar-refractivity contribution in [3.05, 3.63) is 35.6 Å². The number of aliphatic hydroxyl groups is 1. The molecule has 4 nitrogen and oxygen atoms in total. The number of nitrogens with one attached hydrogen (secondary N) is 1. The van der Waals surface area contributed by atoms with Crippen LogP contribution in [0, 0.1) is 5.82 Å². The second kappa shape index (κ2) is 6.81. The maximum absolute atomic E-state index is 12.9. The van der Waals surface area contributed by atoms with Crippen molar-refractivity contribution in [1.82, 2.24) is 10.2 Å². The van der Waals surface area contributed by atoms with Gasteiger partial charge in [-0.1, -0.05) is 12.1 Å². The van der Waals surface area contributed by atoms with Crippen LogP contribution >= 0.6 is 0 Å². The lowest BCUT2D eigenvalue weighted by molar-refractivity contribution is -0.126. The second-order valence-electron chi connectivity index (χ2n) is 5.35. The van der Waals surface area contributed by atoms with E-state index in [-0.39, 0.29) is 30.4 Å². The topological polar surface area (TPSA) is 52.6 Å². The number of benzene rings is 1. The maximum atomic E-state index is 12.9. The van der Waals surface area contributed by atoms with E-state index in [0.717, 1.165) is 24.9 Å². The molecule has 0 aliphatic carbocycles. The fraction of sp³-hybridized carbons (Fsp3) is 0.533. The van der Waals surface area contributed by atoms with Gasteiger partial charge in [-0.25, -0.2) is 4.39 Å². The number of aliphatic hydroxyl groups excluding tert-OH is 1. The quantitative estimate of drug-likeness (QED) is 0.854. The van der Waals surface area contributed by atoms with Gasteiger partial charge in [0.25, 0.3) is 0 Å². The molecule has 0 aromatic heterocycles. The van der Waals surface area contributed by atoms with Gasteiger partial charge in [0.2, 0.25) is 5.91 Å². The zero-order valence-electron chi connectivity index (χ0n) is 11.7. The monoisotopic (exact) mass is 280 g/mol. The lowest BCUT2D eigenvalue weighted by Gasteiger charge is -2.25. The fourth-order valence-electron chi connectivity index (χ4n) is 2.52. The summed E-state index contributed by atoms with van der Waals surface area (Å²) in [5.74, 6) is -0.285. The van der Waals surface area contributed by atoms with Crippen molar-refractivity contribution in [2.75, 3.05) is 13.2 Å². The van der Waals surface area contributed by atoms with Crippen LogP contribution in [0.5, 0.6) is 0 Å². The van der Waals surface area contributed by atoms with Crippen molar-refractivity contribution in [2.45, 2.75) is 38.4 Å². The normalized spacial score (nSPS) is 20.9. The number of halogens is 1. The lowest BCUT2D eigenvalue weighted by Crippen LogP contribution is -2.46. The highest BCUT2D eigenvalue weighted by Gasteiger charge is 2.30. The molecule has 0 radical (unpaired) electrons. The maximum Gasteiger partial charge on any atom is 0.237 e. The Bertz CT molecular complexity index is 450. The van der Waals surface area contributed by atoms with Crippen LogP contribution in [0.4, 0.5) is 4.39 Å². The molecule has 1 aliphatic rings. The zero-order chi connectivity index (χ0) is 14.5. The van der Waals surface area contributed by atoms with Gasteiger partial charge < -0.3 is 10.4 Å². The van der Waals surface area contributed by atoms with Crippen molar-refractivity contribution in [2.24, 2.45) is 0 Å². The van der Waals surface area contributed by atoms with Gasteiger partial charge in [0.1, 0.15) is 5.82 Å². The Morgan fingerprint density at radius 1 is 1.50 bits per heavy atom. The second-order valence-corrected chi connectivity index (χ2v) is 5.35. The Morgan fingerprint density at radius 2 is 2.20 bits per heavy atom. The highest BCUT2D eigenvalue weighted by Crippen LogP contribution is 2.20. The van der Waals surface area contributed by atoms with E-state index in [1.165, 1.54) is 12.1 Å². The van der Waals surface area contributed by atoms with E-state index in [4.69, 9.17) is 5.11 Å². The molecule has 1 aliphatic heterocycles. The molecule has 1 saturated heterocycles. The third kappa shape index (κ3) is 3.77. The van der Waals surface area contributed by atoms with E-state index in [9.17, 15) is 9.18 Å². The van der Waals surface area contributed by atoms with Gasteiger partial charge in [-0.3, -0.25) is 9.69 Å². The summed E-state index contributed by atoms with van der Waals surface area (Å²) in [5, 5.41) is 11.8. The molecule has 2 rings (SSSR count). The van der Waals surface area contributed by atoms with Gasteiger partial charge in [0, 0.05) is 12.6 Å². The molecule has 2 N–H and O–H groups in total. The van der Waals surface area contributed by atoms with Gasteiger partial charge in [-0.15, -0.1) is 0 Å². The molecule has 1 aromatic rings. The summed E-state index contributed by atoms with van der Waals surface area (Å²) < 4.78 is 12.9. The number of likely N-dealkylation sites (tertiary alicyclic amines) is 1. The summed E-state index contributed by atoms with van der Waals surface area (Å²) in [6, 6.07) is 5.99. The number of carbonyl (C=O) groups is 1. The van der Waals surface area contributed by atoms with Crippen molar-refractivity contribution in [3.8, 4) is 0 Å². The van der Waals surface area contributed by atoms with Crippen LogP contribution in [0.1, 0.15) is 25.3 Å². The van der Waals surface area contributed by atoms with Crippen molar-refractivity contribution < 1.29 is 14.3 Å². The number of amides is 1. The Balaban J connectivity index is 1.96. The van der Waals surface area contributed by atoms with Gasteiger partial charge in [-0.05, 0) is 44.0 Å². The molecule has 0 bridgehead atoms. The van der Waals surface area contributed by atoms with E-state index < -0.39 is 0 Å². The Morgan fingerprint density at radius 3 is 2.85 bits per heavy atom. The molecule has 1 fully saturated rings. The minimum atomic E-state index is -0.249. The molecule has 2 atom stereocenters. The number of hydrogen-bond acceptors (Lipinski definition) is 3. The minimum Gasteiger partial charge on any atom is -0.394 e. The smallest absolute Gasteiger partial charge is 0.237 e. The molecule has 0 spiro atoms. The molecule has 110 valence electrons. The van der Waals surface area contributed by atoms with Gasteiger partial charge >= 0.3 is 0 Å². The fourth-order valence-corrected chi connectivity index (χ4v) is 2.52. The number of hydrogen-bond donors (Lipinski definition) is 2. The SMILES string of the molecule is CC(CO)NC(=O)C1CCCN1Cc1ccc(F)cc1.